The fourth-order valence-electron chi connectivity index (χ4n) is 2.65. The zero-order valence-electron chi connectivity index (χ0n) is 12.0. The number of benzene rings is 1. The number of carbonyl (C=O) groups is 1. The molecule has 0 saturated carbocycles. The quantitative estimate of drug-likeness (QED) is 0.845. The molecule has 2 heterocycles. The van der Waals surface area contributed by atoms with E-state index in [1.165, 1.54) is 0 Å². The van der Waals surface area contributed by atoms with Gasteiger partial charge < -0.3 is 25.4 Å². The van der Waals surface area contributed by atoms with Gasteiger partial charge in [-0.15, -0.1) is 0 Å². The summed E-state index contributed by atoms with van der Waals surface area (Å²) in [5, 5.41) is 2.90. The number of nitrogens with zero attached hydrogens (tertiary/aromatic N) is 1. The Morgan fingerprint density at radius 2 is 1.86 bits per heavy atom. The molecule has 6 nitrogen and oxygen atoms in total. The van der Waals surface area contributed by atoms with Gasteiger partial charge in [-0.25, -0.2) is 0 Å². The number of carbonyl (C=O) groups excluding carboxylic acids is 1. The maximum atomic E-state index is 12.1. The largest absolute Gasteiger partial charge is 0.379 e. The molecule has 0 spiro atoms. The van der Waals surface area contributed by atoms with Crippen molar-refractivity contribution in [3.8, 4) is 0 Å². The second-order valence-electron chi connectivity index (χ2n) is 5.44. The molecule has 3 rings (SSSR count). The Bertz CT molecular complexity index is 485. The molecule has 3 N–H and O–H groups in total. The Kier molecular flexibility index (Phi) is 4.38. The van der Waals surface area contributed by atoms with E-state index in [9.17, 15) is 4.79 Å². The topological polar surface area (TPSA) is 76.8 Å². The van der Waals surface area contributed by atoms with Crippen LogP contribution in [0.1, 0.15) is 0 Å². The lowest BCUT2D eigenvalue weighted by Crippen LogP contribution is -2.37. The van der Waals surface area contributed by atoms with E-state index in [0.29, 0.717) is 13.2 Å². The molecule has 6 heteroatoms. The number of ether oxygens (including phenoxy) is 2. The average molecular weight is 291 g/mol. The van der Waals surface area contributed by atoms with Crippen LogP contribution in [0.2, 0.25) is 0 Å². The third kappa shape index (κ3) is 3.34. The van der Waals surface area contributed by atoms with Gasteiger partial charge in [0, 0.05) is 30.5 Å². The van der Waals surface area contributed by atoms with E-state index in [4.69, 9.17) is 15.2 Å². The van der Waals surface area contributed by atoms with Gasteiger partial charge in [0.05, 0.1) is 32.3 Å². The Morgan fingerprint density at radius 3 is 2.48 bits per heavy atom. The van der Waals surface area contributed by atoms with Crippen LogP contribution >= 0.6 is 0 Å². The Morgan fingerprint density at radius 1 is 1.14 bits per heavy atom. The average Bonchev–Trinajstić information content (AvgIpc) is 2.95. The van der Waals surface area contributed by atoms with E-state index in [1.807, 2.05) is 24.3 Å². The van der Waals surface area contributed by atoms with Crippen molar-refractivity contribution in [2.75, 3.05) is 49.7 Å². The number of nitrogens with one attached hydrogen (secondary N) is 1. The summed E-state index contributed by atoms with van der Waals surface area (Å²) < 4.78 is 10.6. The van der Waals surface area contributed by atoms with Crippen molar-refractivity contribution < 1.29 is 14.3 Å². The molecule has 2 saturated heterocycles. The maximum absolute atomic E-state index is 12.1. The van der Waals surface area contributed by atoms with Crippen molar-refractivity contribution in [3.63, 3.8) is 0 Å². The number of hydrogen-bond donors (Lipinski definition) is 2. The van der Waals surface area contributed by atoms with Gasteiger partial charge in [-0.2, -0.15) is 0 Å². The van der Waals surface area contributed by atoms with Gasteiger partial charge in [-0.1, -0.05) is 0 Å². The predicted molar refractivity (Wildman–Crippen MR) is 80.4 cm³/mol. The number of amides is 1. The lowest BCUT2D eigenvalue weighted by Gasteiger charge is -2.29. The zero-order valence-corrected chi connectivity index (χ0v) is 12.0. The van der Waals surface area contributed by atoms with Crippen LogP contribution in [0, 0.1) is 5.92 Å². The highest BCUT2D eigenvalue weighted by Gasteiger charge is 2.31. The van der Waals surface area contributed by atoms with E-state index in [-0.39, 0.29) is 17.9 Å². The summed E-state index contributed by atoms with van der Waals surface area (Å²) in [6.07, 6.45) is 0. The third-order valence-electron chi connectivity index (χ3n) is 3.97. The molecule has 1 aromatic rings. The molecule has 114 valence electrons. The molecule has 0 aliphatic carbocycles. The molecule has 21 heavy (non-hydrogen) atoms. The molecule has 0 bridgehead atoms. The number of anilines is 2. The van der Waals surface area contributed by atoms with Gasteiger partial charge in [-0.3, -0.25) is 4.79 Å². The summed E-state index contributed by atoms with van der Waals surface area (Å²) in [4.78, 5) is 14.4. The van der Waals surface area contributed by atoms with Crippen LogP contribution in [0.15, 0.2) is 24.3 Å². The van der Waals surface area contributed by atoms with Gasteiger partial charge in [0.2, 0.25) is 5.91 Å². The summed E-state index contributed by atoms with van der Waals surface area (Å²) >= 11 is 0. The molecule has 1 amide bonds. The smallest absolute Gasteiger partial charge is 0.231 e. The number of hydrogen-bond acceptors (Lipinski definition) is 5. The lowest BCUT2D eigenvalue weighted by atomic mass is 10.0. The molecule has 2 fully saturated rings. The van der Waals surface area contributed by atoms with Gasteiger partial charge in [0.1, 0.15) is 0 Å². The Balaban J connectivity index is 1.60. The van der Waals surface area contributed by atoms with Crippen molar-refractivity contribution in [2.24, 2.45) is 11.7 Å². The third-order valence-corrected chi connectivity index (χ3v) is 3.97. The molecule has 1 aromatic carbocycles. The minimum Gasteiger partial charge on any atom is -0.379 e. The Labute approximate surface area is 124 Å². The molecule has 0 radical (unpaired) electrons. The monoisotopic (exact) mass is 291 g/mol. The van der Waals surface area contributed by atoms with E-state index in [0.717, 1.165) is 37.7 Å². The minimum atomic E-state index is -0.260. The summed E-state index contributed by atoms with van der Waals surface area (Å²) in [5.41, 5.74) is 7.79. The molecule has 2 unspecified atom stereocenters. The molecule has 2 aliphatic rings. The lowest BCUT2D eigenvalue weighted by molar-refractivity contribution is -0.120. The van der Waals surface area contributed by atoms with Crippen molar-refractivity contribution in [1.29, 1.82) is 0 Å². The van der Waals surface area contributed by atoms with Crippen LogP contribution in [0.25, 0.3) is 0 Å². The standard InChI is InChI=1S/C15H21N3O3/c16-14-10-21-9-13(14)15(19)17-11-1-3-12(4-2-11)18-5-7-20-8-6-18/h1-4,13-14H,5-10,16H2,(H,17,19). The highest BCUT2D eigenvalue weighted by Crippen LogP contribution is 2.20. The van der Waals surface area contributed by atoms with Gasteiger partial charge in [0.15, 0.2) is 0 Å². The molecular weight excluding hydrogens is 270 g/mol. The second kappa shape index (κ2) is 6.43. The summed E-state index contributed by atoms with van der Waals surface area (Å²) in [5.74, 6) is -0.331. The van der Waals surface area contributed by atoms with E-state index >= 15 is 0 Å². The first kappa shape index (κ1) is 14.3. The number of nitrogens with two attached hydrogens (primary N) is 1. The van der Waals surface area contributed by atoms with Gasteiger partial charge in [0.25, 0.3) is 0 Å². The molecule has 2 atom stereocenters. The van der Waals surface area contributed by atoms with Gasteiger partial charge in [-0.05, 0) is 24.3 Å². The number of rotatable bonds is 3. The van der Waals surface area contributed by atoms with Crippen LogP contribution < -0.4 is 16.0 Å². The van der Waals surface area contributed by atoms with E-state index in [2.05, 4.69) is 10.2 Å². The van der Waals surface area contributed by atoms with Crippen molar-refractivity contribution in [2.45, 2.75) is 6.04 Å². The SMILES string of the molecule is NC1COCC1C(=O)Nc1ccc(N2CCOCC2)cc1. The van der Waals surface area contributed by atoms with Gasteiger partial charge >= 0.3 is 0 Å². The first-order valence-electron chi connectivity index (χ1n) is 7.31. The summed E-state index contributed by atoms with van der Waals surface area (Å²) in [6, 6.07) is 7.67. The zero-order chi connectivity index (χ0) is 14.7. The first-order chi connectivity index (χ1) is 10.2. The maximum Gasteiger partial charge on any atom is 0.231 e. The first-order valence-corrected chi connectivity index (χ1v) is 7.31. The van der Waals surface area contributed by atoms with Crippen molar-refractivity contribution >= 4 is 17.3 Å². The fourth-order valence-corrected chi connectivity index (χ4v) is 2.65. The highest BCUT2D eigenvalue weighted by atomic mass is 16.5. The van der Waals surface area contributed by atoms with Crippen LogP contribution in [0.4, 0.5) is 11.4 Å². The van der Waals surface area contributed by atoms with Crippen molar-refractivity contribution in [1.82, 2.24) is 0 Å². The van der Waals surface area contributed by atoms with E-state index < -0.39 is 0 Å². The number of morpholine rings is 1. The van der Waals surface area contributed by atoms with Crippen molar-refractivity contribution in [3.05, 3.63) is 24.3 Å². The molecule has 0 aromatic heterocycles. The fraction of sp³-hybridized carbons (Fsp3) is 0.533. The summed E-state index contributed by atoms with van der Waals surface area (Å²) in [7, 11) is 0. The molecule has 2 aliphatic heterocycles. The normalized spacial score (nSPS) is 25.9. The highest BCUT2D eigenvalue weighted by molar-refractivity contribution is 5.93. The van der Waals surface area contributed by atoms with Crippen LogP contribution in [-0.2, 0) is 14.3 Å². The van der Waals surface area contributed by atoms with E-state index in [1.54, 1.807) is 0 Å². The van der Waals surface area contributed by atoms with Crippen LogP contribution in [-0.4, -0.2) is 51.5 Å². The van der Waals surface area contributed by atoms with Crippen LogP contribution in [0.5, 0.6) is 0 Å². The minimum absolute atomic E-state index is 0.0703. The summed E-state index contributed by atoms with van der Waals surface area (Å²) in [6.45, 7) is 4.18. The Hall–Kier alpha value is -1.63. The van der Waals surface area contributed by atoms with Crippen LogP contribution in [0.3, 0.4) is 0 Å². The predicted octanol–water partition coefficient (Wildman–Crippen LogP) is 0.435. The second-order valence-corrected chi connectivity index (χ2v) is 5.44. The molecular formula is C15H21N3O3.